The molecule has 0 spiro atoms. The molecule has 0 radical (unpaired) electrons. The molecule has 3 rings (SSSR count). The number of methoxy groups -OCH3 is 1. The van der Waals surface area contributed by atoms with Crippen molar-refractivity contribution < 1.29 is 9.15 Å². The predicted molar refractivity (Wildman–Crippen MR) is 135 cm³/mol. The summed E-state index contributed by atoms with van der Waals surface area (Å²) >= 11 is 0. The van der Waals surface area contributed by atoms with E-state index in [1.165, 1.54) is 24.8 Å². The van der Waals surface area contributed by atoms with E-state index in [0.717, 1.165) is 49.3 Å². The van der Waals surface area contributed by atoms with Crippen molar-refractivity contribution in [1.29, 1.82) is 0 Å². The maximum atomic E-state index is 5.66. The van der Waals surface area contributed by atoms with Crippen LogP contribution in [0.25, 0.3) is 0 Å². The molecule has 172 valence electrons. The number of rotatable bonds is 8. The zero-order valence-corrected chi connectivity index (χ0v) is 21.4. The Bertz CT molecular complexity index is 796. The minimum Gasteiger partial charge on any atom is -0.497 e. The molecule has 2 heterocycles. The fourth-order valence-corrected chi connectivity index (χ4v) is 3.80. The van der Waals surface area contributed by atoms with Crippen LogP contribution >= 0.6 is 24.0 Å². The number of nitrogens with one attached hydrogen (secondary N) is 2. The molecular weight excluding hydrogens is 505 g/mol. The first-order chi connectivity index (χ1) is 14.6. The van der Waals surface area contributed by atoms with E-state index in [4.69, 9.17) is 9.15 Å². The molecule has 1 saturated heterocycles. The molecule has 1 aliphatic rings. The molecule has 0 amide bonds. The Balaban J connectivity index is 0.00000341. The molecule has 1 atom stereocenters. The average Bonchev–Trinajstić information content (AvgIpc) is 3.10. The predicted octanol–water partition coefficient (Wildman–Crippen LogP) is 4.20. The van der Waals surface area contributed by atoms with Gasteiger partial charge in [-0.25, -0.2) is 9.98 Å². The highest BCUT2D eigenvalue weighted by atomic mass is 127. The second-order valence-corrected chi connectivity index (χ2v) is 7.71. The maximum absolute atomic E-state index is 5.66. The van der Waals surface area contributed by atoms with Crippen molar-refractivity contribution in [3.05, 3.63) is 47.2 Å². The van der Waals surface area contributed by atoms with Crippen LogP contribution in [0.3, 0.4) is 0 Å². The maximum Gasteiger partial charge on any atom is 0.216 e. The molecule has 2 N–H and O–H groups in total. The number of oxazole rings is 1. The van der Waals surface area contributed by atoms with E-state index in [1.54, 1.807) is 7.11 Å². The van der Waals surface area contributed by atoms with Crippen molar-refractivity contribution in [2.45, 2.75) is 52.6 Å². The molecule has 31 heavy (non-hydrogen) atoms. The van der Waals surface area contributed by atoms with Crippen molar-refractivity contribution in [1.82, 2.24) is 20.5 Å². The van der Waals surface area contributed by atoms with Gasteiger partial charge in [0, 0.05) is 13.1 Å². The number of nitrogens with zero attached hydrogens (tertiary/aromatic N) is 3. The summed E-state index contributed by atoms with van der Waals surface area (Å²) in [7, 11) is 1.70. The highest BCUT2D eigenvalue weighted by Gasteiger charge is 2.22. The summed E-state index contributed by atoms with van der Waals surface area (Å²) in [6, 6.07) is 8.70. The van der Waals surface area contributed by atoms with Crippen LogP contribution in [0.1, 0.15) is 55.1 Å². The van der Waals surface area contributed by atoms with Crippen LogP contribution in [-0.2, 0) is 6.54 Å². The van der Waals surface area contributed by atoms with Gasteiger partial charge in [-0.2, -0.15) is 0 Å². The number of benzene rings is 1. The van der Waals surface area contributed by atoms with E-state index in [1.807, 2.05) is 26.0 Å². The lowest BCUT2D eigenvalue weighted by atomic mass is 10.0. The molecule has 1 fully saturated rings. The monoisotopic (exact) mass is 541 g/mol. The molecule has 0 bridgehead atoms. The lowest BCUT2D eigenvalue weighted by molar-refractivity contribution is 0.164. The van der Waals surface area contributed by atoms with Crippen LogP contribution in [-0.4, -0.2) is 49.1 Å². The van der Waals surface area contributed by atoms with E-state index in [-0.39, 0.29) is 30.0 Å². The average molecular weight is 541 g/mol. The van der Waals surface area contributed by atoms with Crippen LogP contribution in [0.2, 0.25) is 0 Å². The largest absolute Gasteiger partial charge is 0.497 e. The summed E-state index contributed by atoms with van der Waals surface area (Å²) < 4.78 is 11.0. The van der Waals surface area contributed by atoms with Gasteiger partial charge in [-0.05, 0) is 64.4 Å². The Kier molecular flexibility index (Phi) is 10.6. The smallest absolute Gasteiger partial charge is 0.216 e. The fourth-order valence-electron chi connectivity index (χ4n) is 3.80. The van der Waals surface area contributed by atoms with E-state index < -0.39 is 0 Å². The van der Waals surface area contributed by atoms with Crippen LogP contribution in [0, 0.1) is 13.8 Å². The van der Waals surface area contributed by atoms with Crippen molar-refractivity contribution >= 4 is 29.9 Å². The van der Waals surface area contributed by atoms with Gasteiger partial charge < -0.3 is 19.8 Å². The normalized spacial score (nSPS) is 15.8. The molecular formula is C23H36IN5O2. The summed E-state index contributed by atoms with van der Waals surface area (Å²) in [5, 5.41) is 6.87. The SMILES string of the molecule is CCNC(=NCc1nc(C)c(C)o1)NCC(c1ccc(OC)cc1)N1CCCCC1.I. The van der Waals surface area contributed by atoms with Crippen LogP contribution in [0.15, 0.2) is 33.7 Å². The number of ether oxygens (including phenoxy) is 1. The molecule has 1 aromatic carbocycles. The standard InChI is InChI=1S/C23H35N5O2.HI/c1-5-24-23(26-16-22-27-17(2)18(3)30-22)25-15-21(28-13-7-6-8-14-28)19-9-11-20(29-4)12-10-19;/h9-12,21H,5-8,13-16H2,1-4H3,(H2,24,25,26);1H. The molecule has 7 nitrogen and oxygen atoms in total. The van der Waals surface area contributed by atoms with Crippen molar-refractivity contribution in [2.24, 2.45) is 4.99 Å². The van der Waals surface area contributed by atoms with Crippen molar-refractivity contribution in [2.75, 3.05) is 33.3 Å². The van der Waals surface area contributed by atoms with Crippen molar-refractivity contribution in [3.8, 4) is 5.75 Å². The van der Waals surface area contributed by atoms with Crippen molar-refractivity contribution in [3.63, 3.8) is 0 Å². The third-order valence-electron chi connectivity index (χ3n) is 5.58. The number of guanidine groups is 1. The number of hydrogen-bond acceptors (Lipinski definition) is 5. The Morgan fingerprint density at radius 2 is 1.87 bits per heavy atom. The number of likely N-dealkylation sites (tertiary alicyclic amines) is 1. The number of aromatic nitrogens is 1. The molecule has 0 saturated carbocycles. The van der Waals surface area contributed by atoms with Gasteiger partial charge >= 0.3 is 0 Å². The minimum atomic E-state index is 0. The number of aliphatic imine (C=N–C) groups is 1. The second-order valence-electron chi connectivity index (χ2n) is 7.71. The minimum absolute atomic E-state index is 0. The van der Waals surface area contributed by atoms with Gasteiger partial charge in [-0.3, -0.25) is 4.90 Å². The summed E-state index contributed by atoms with van der Waals surface area (Å²) in [6.45, 7) is 10.2. The summed E-state index contributed by atoms with van der Waals surface area (Å²) in [4.78, 5) is 11.7. The van der Waals surface area contributed by atoms with Gasteiger partial charge in [-0.1, -0.05) is 18.6 Å². The lowest BCUT2D eigenvalue weighted by Gasteiger charge is -2.35. The van der Waals surface area contributed by atoms with Gasteiger partial charge in [0.05, 0.1) is 18.8 Å². The number of halogens is 1. The van der Waals surface area contributed by atoms with Gasteiger partial charge in [0.25, 0.3) is 0 Å². The first kappa shape index (κ1) is 25.5. The zero-order valence-electron chi connectivity index (χ0n) is 19.1. The first-order valence-corrected chi connectivity index (χ1v) is 10.9. The molecule has 2 aromatic rings. The third-order valence-corrected chi connectivity index (χ3v) is 5.58. The number of piperidine rings is 1. The Morgan fingerprint density at radius 1 is 1.16 bits per heavy atom. The van der Waals surface area contributed by atoms with Gasteiger partial charge in [0.15, 0.2) is 5.96 Å². The Labute approximate surface area is 203 Å². The van der Waals surface area contributed by atoms with E-state index >= 15 is 0 Å². The van der Waals surface area contributed by atoms with E-state index in [0.29, 0.717) is 12.4 Å². The molecule has 0 aliphatic carbocycles. The topological polar surface area (TPSA) is 74.9 Å². The summed E-state index contributed by atoms with van der Waals surface area (Å²) in [5.41, 5.74) is 2.21. The Morgan fingerprint density at radius 3 is 2.45 bits per heavy atom. The van der Waals surface area contributed by atoms with E-state index in [9.17, 15) is 0 Å². The van der Waals surface area contributed by atoms with Gasteiger partial charge in [0.2, 0.25) is 5.89 Å². The highest BCUT2D eigenvalue weighted by molar-refractivity contribution is 14.0. The number of hydrogen-bond donors (Lipinski definition) is 2. The molecule has 1 aromatic heterocycles. The molecule has 1 unspecified atom stereocenters. The zero-order chi connectivity index (χ0) is 21.3. The van der Waals surface area contributed by atoms with Crippen LogP contribution in [0.5, 0.6) is 5.75 Å². The highest BCUT2D eigenvalue weighted by Crippen LogP contribution is 2.25. The van der Waals surface area contributed by atoms with Crippen LogP contribution in [0.4, 0.5) is 0 Å². The second kappa shape index (κ2) is 12.9. The van der Waals surface area contributed by atoms with E-state index in [2.05, 4.69) is 44.6 Å². The summed E-state index contributed by atoms with van der Waals surface area (Å²) in [5.74, 6) is 3.16. The third kappa shape index (κ3) is 7.38. The molecule has 8 heteroatoms. The van der Waals surface area contributed by atoms with Crippen LogP contribution < -0.4 is 15.4 Å². The fraction of sp³-hybridized carbons (Fsp3) is 0.565. The van der Waals surface area contributed by atoms with Gasteiger partial charge in [0.1, 0.15) is 18.1 Å². The first-order valence-electron chi connectivity index (χ1n) is 10.9. The Hall–Kier alpha value is -1.81. The molecule has 1 aliphatic heterocycles. The van der Waals surface area contributed by atoms with Gasteiger partial charge in [-0.15, -0.1) is 24.0 Å². The number of aryl methyl sites for hydroxylation is 2. The summed E-state index contributed by atoms with van der Waals surface area (Å²) in [6.07, 6.45) is 3.83. The quantitative estimate of drug-likeness (QED) is 0.297. The lowest BCUT2D eigenvalue weighted by Crippen LogP contribution is -2.44.